The molecule has 0 spiro atoms. The molecule has 1 fully saturated rings. The highest BCUT2D eigenvalue weighted by molar-refractivity contribution is 6.39. The minimum absolute atomic E-state index is 0.331. The molecule has 2 aromatic carbocycles. The minimum Gasteiger partial charge on any atom is -0.408 e. The molecule has 2 N–H and O–H groups in total. The molecule has 1 saturated heterocycles. The van der Waals surface area contributed by atoms with Gasteiger partial charge in [-0.3, -0.25) is 14.6 Å². The second-order valence-corrected chi connectivity index (χ2v) is 7.60. The van der Waals surface area contributed by atoms with E-state index in [-0.39, 0.29) is 0 Å². The lowest BCUT2D eigenvalue weighted by molar-refractivity contribution is -0.144. The van der Waals surface area contributed by atoms with Gasteiger partial charge in [0.2, 0.25) is 0 Å². The van der Waals surface area contributed by atoms with Gasteiger partial charge >= 0.3 is 17.6 Å². The van der Waals surface area contributed by atoms with Crippen LogP contribution in [0.1, 0.15) is 24.0 Å². The number of carbonyl (C=O) groups excluding carboxylic acids is 2. The van der Waals surface area contributed by atoms with Gasteiger partial charge in [0, 0.05) is 24.8 Å². The van der Waals surface area contributed by atoms with E-state index in [1.807, 2.05) is 0 Å². The number of H-pyrrole nitrogens is 1. The summed E-state index contributed by atoms with van der Waals surface area (Å²) in [6.07, 6.45) is 2.76. The SMILES string of the molecule is Cc1ccc(CC2CCN(C(=O)C(=O)Nc3ccc4[nH]c(=O)oc4c3)CC2)cc1. The van der Waals surface area contributed by atoms with Crippen LogP contribution in [0.2, 0.25) is 0 Å². The van der Waals surface area contributed by atoms with E-state index in [0.29, 0.717) is 35.8 Å². The van der Waals surface area contributed by atoms with Gasteiger partial charge in [0.25, 0.3) is 0 Å². The van der Waals surface area contributed by atoms with Gasteiger partial charge in [0.15, 0.2) is 5.58 Å². The number of anilines is 1. The van der Waals surface area contributed by atoms with Crippen LogP contribution in [0.15, 0.2) is 51.7 Å². The summed E-state index contributed by atoms with van der Waals surface area (Å²) in [5.74, 6) is -1.26. The Morgan fingerprint density at radius 1 is 1.14 bits per heavy atom. The molecule has 1 aliphatic heterocycles. The third kappa shape index (κ3) is 4.39. The van der Waals surface area contributed by atoms with Crippen LogP contribution in [-0.2, 0) is 16.0 Å². The first-order valence-electron chi connectivity index (χ1n) is 9.76. The average Bonchev–Trinajstić information content (AvgIpc) is 3.09. The van der Waals surface area contributed by atoms with Gasteiger partial charge in [-0.15, -0.1) is 0 Å². The van der Waals surface area contributed by atoms with Crippen molar-refractivity contribution in [2.75, 3.05) is 18.4 Å². The largest absolute Gasteiger partial charge is 0.417 e. The molecule has 7 heteroatoms. The highest BCUT2D eigenvalue weighted by Crippen LogP contribution is 2.22. The normalized spacial score (nSPS) is 14.9. The van der Waals surface area contributed by atoms with Crippen molar-refractivity contribution < 1.29 is 14.0 Å². The Labute approximate surface area is 167 Å². The standard InChI is InChI=1S/C22H23N3O4/c1-14-2-4-15(5-3-14)12-16-8-10-25(11-9-16)21(27)20(26)23-17-6-7-18-19(13-17)29-22(28)24-18/h2-7,13,16H,8-12H2,1H3,(H,23,26)(H,24,28). The van der Waals surface area contributed by atoms with E-state index >= 15 is 0 Å². The molecule has 0 aliphatic carbocycles. The van der Waals surface area contributed by atoms with E-state index in [9.17, 15) is 14.4 Å². The van der Waals surface area contributed by atoms with Crippen LogP contribution in [0.25, 0.3) is 11.1 Å². The molecular weight excluding hydrogens is 370 g/mol. The first kappa shape index (κ1) is 19.0. The molecule has 0 radical (unpaired) electrons. The van der Waals surface area contributed by atoms with Gasteiger partial charge in [-0.1, -0.05) is 29.8 Å². The van der Waals surface area contributed by atoms with Crippen molar-refractivity contribution in [2.45, 2.75) is 26.2 Å². The van der Waals surface area contributed by atoms with Crippen LogP contribution < -0.4 is 11.1 Å². The molecule has 1 aliphatic rings. The number of hydrogen-bond acceptors (Lipinski definition) is 4. The molecule has 0 atom stereocenters. The lowest BCUT2D eigenvalue weighted by Crippen LogP contribution is -2.44. The van der Waals surface area contributed by atoms with Crippen molar-refractivity contribution >= 4 is 28.6 Å². The van der Waals surface area contributed by atoms with Gasteiger partial charge in [0.05, 0.1) is 5.52 Å². The summed E-state index contributed by atoms with van der Waals surface area (Å²) in [4.78, 5) is 40.2. The summed E-state index contributed by atoms with van der Waals surface area (Å²) in [6.45, 7) is 3.23. The van der Waals surface area contributed by atoms with Crippen LogP contribution in [0.5, 0.6) is 0 Å². The summed E-state index contributed by atoms with van der Waals surface area (Å²) in [7, 11) is 0. The Balaban J connectivity index is 1.31. The lowest BCUT2D eigenvalue weighted by atomic mass is 9.90. The Bertz CT molecular complexity index is 1090. The number of carbonyl (C=O) groups is 2. The first-order valence-corrected chi connectivity index (χ1v) is 9.76. The van der Waals surface area contributed by atoms with Crippen molar-refractivity contribution in [3.8, 4) is 0 Å². The summed E-state index contributed by atoms with van der Waals surface area (Å²) < 4.78 is 4.98. The van der Waals surface area contributed by atoms with Gasteiger partial charge in [0.1, 0.15) is 0 Å². The fraction of sp³-hybridized carbons (Fsp3) is 0.318. The number of amides is 2. The Kier molecular flexibility index (Phi) is 5.20. The maximum Gasteiger partial charge on any atom is 0.417 e. The maximum absolute atomic E-state index is 12.5. The number of nitrogens with zero attached hydrogens (tertiary/aromatic N) is 1. The molecule has 4 rings (SSSR count). The molecular formula is C22H23N3O4. The Morgan fingerprint density at radius 3 is 2.59 bits per heavy atom. The topological polar surface area (TPSA) is 95.4 Å². The van der Waals surface area contributed by atoms with Crippen molar-refractivity contribution in [3.05, 3.63) is 64.1 Å². The average molecular weight is 393 g/mol. The van der Waals surface area contributed by atoms with Crippen LogP contribution in [0.4, 0.5) is 5.69 Å². The molecule has 7 nitrogen and oxygen atoms in total. The zero-order valence-electron chi connectivity index (χ0n) is 16.2. The number of piperidine rings is 1. The van der Waals surface area contributed by atoms with E-state index in [1.165, 1.54) is 17.2 Å². The molecule has 29 heavy (non-hydrogen) atoms. The van der Waals surface area contributed by atoms with Crippen molar-refractivity contribution in [1.82, 2.24) is 9.88 Å². The fourth-order valence-corrected chi connectivity index (χ4v) is 3.75. The van der Waals surface area contributed by atoms with E-state index in [4.69, 9.17) is 4.42 Å². The van der Waals surface area contributed by atoms with Crippen molar-refractivity contribution in [3.63, 3.8) is 0 Å². The third-order valence-electron chi connectivity index (χ3n) is 5.42. The monoisotopic (exact) mass is 393 g/mol. The summed E-state index contributed by atoms with van der Waals surface area (Å²) in [6, 6.07) is 13.3. The van der Waals surface area contributed by atoms with Crippen molar-refractivity contribution in [1.29, 1.82) is 0 Å². The van der Waals surface area contributed by atoms with E-state index in [1.54, 1.807) is 17.0 Å². The highest BCUT2D eigenvalue weighted by Gasteiger charge is 2.27. The molecule has 3 aromatic rings. The Hall–Kier alpha value is -3.35. The molecule has 2 heterocycles. The molecule has 0 saturated carbocycles. The van der Waals surface area contributed by atoms with E-state index < -0.39 is 17.6 Å². The zero-order valence-corrected chi connectivity index (χ0v) is 16.2. The summed E-state index contributed by atoms with van der Waals surface area (Å²) in [5.41, 5.74) is 3.84. The quantitative estimate of drug-likeness (QED) is 0.669. The number of aromatic nitrogens is 1. The first-order chi connectivity index (χ1) is 14.0. The Morgan fingerprint density at radius 2 is 1.86 bits per heavy atom. The second kappa shape index (κ2) is 7.95. The number of nitrogens with one attached hydrogen (secondary N) is 2. The van der Waals surface area contributed by atoms with E-state index in [0.717, 1.165) is 19.3 Å². The van der Waals surface area contributed by atoms with Crippen LogP contribution in [-0.4, -0.2) is 34.8 Å². The van der Waals surface area contributed by atoms with Crippen LogP contribution >= 0.6 is 0 Å². The number of oxazole rings is 1. The molecule has 0 bridgehead atoms. The fourth-order valence-electron chi connectivity index (χ4n) is 3.75. The number of likely N-dealkylation sites (tertiary alicyclic amines) is 1. The predicted octanol–water partition coefficient (Wildman–Crippen LogP) is 2.85. The zero-order chi connectivity index (χ0) is 20.4. The smallest absolute Gasteiger partial charge is 0.408 e. The number of aryl methyl sites for hydroxylation is 1. The molecule has 2 amide bonds. The molecule has 150 valence electrons. The van der Waals surface area contributed by atoms with Gasteiger partial charge in [-0.25, -0.2) is 4.79 Å². The minimum atomic E-state index is -0.681. The van der Waals surface area contributed by atoms with E-state index in [2.05, 4.69) is 41.5 Å². The maximum atomic E-state index is 12.5. The predicted molar refractivity (Wildman–Crippen MR) is 110 cm³/mol. The third-order valence-corrected chi connectivity index (χ3v) is 5.42. The number of benzene rings is 2. The molecule has 0 unspecified atom stereocenters. The van der Waals surface area contributed by atoms with Crippen LogP contribution in [0, 0.1) is 12.8 Å². The van der Waals surface area contributed by atoms with Gasteiger partial charge in [-0.05, 0) is 49.8 Å². The van der Waals surface area contributed by atoms with Crippen LogP contribution in [0.3, 0.4) is 0 Å². The highest BCUT2D eigenvalue weighted by atomic mass is 16.4. The number of aromatic amines is 1. The van der Waals surface area contributed by atoms with Gasteiger partial charge < -0.3 is 14.6 Å². The number of hydrogen-bond donors (Lipinski definition) is 2. The molecule has 1 aromatic heterocycles. The van der Waals surface area contributed by atoms with Gasteiger partial charge in [-0.2, -0.15) is 0 Å². The van der Waals surface area contributed by atoms with Crippen molar-refractivity contribution in [2.24, 2.45) is 5.92 Å². The number of fused-ring (bicyclic) bond motifs is 1. The summed E-state index contributed by atoms with van der Waals surface area (Å²) >= 11 is 0. The summed E-state index contributed by atoms with van der Waals surface area (Å²) in [5, 5.41) is 2.59. The lowest BCUT2D eigenvalue weighted by Gasteiger charge is -2.31. The second-order valence-electron chi connectivity index (χ2n) is 7.60. The number of rotatable bonds is 3.